The average Bonchev–Trinajstić information content (AvgIpc) is 3.69. The number of esters is 4. The second-order valence-electron chi connectivity index (χ2n) is 11.8. The summed E-state index contributed by atoms with van der Waals surface area (Å²) in [6.07, 6.45) is 4.06. The van der Waals surface area contributed by atoms with Gasteiger partial charge in [-0.2, -0.15) is 17.2 Å². The fourth-order valence-corrected chi connectivity index (χ4v) is 8.14. The molecule has 41 heavy (non-hydrogen) atoms. The highest BCUT2D eigenvalue weighted by Gasteiger charge is 2.70. The maximum absolute atomic E-state index is 13.6. The van der Waals surface area contributed by atoms with Gasteiger partial charge < -0.3 is 23.7 Å². The van der Waals surface area contributed by atoms with E-state index in [4.69, 9.17) is 23.5 Å². The molecule has 0 aromatic heterocycles. The lowest BCUT2D eigenvalue weighted by Crippen LogP contribution is -2.47. The van der Waals surface area contributed by atoms with E-state index in [1.807, 2.05) is 0 Å². The predicted molar refractivity (Wildman–Crippen MR) is 130 cm³/mol. The topological polar surface area (TPSA) is 169 Å². The number of hydrogen-bond donors (Lipinski definition) is 1. The van der Waals surface area contributed by atoms with E-state index >= 15 is 0 Å². The van der Waals surface area contributed by atoms with Gasteiger partial charge in [0, 0.05) is 11.8 Å². The fraction of sp³-hybridized carbons (Fsp3) is 0.846. The maximum atomic E-state index is 13.6. The fourth-order valence-electron chi connectivity index (χ4n) is 7.67. The quantitative estimate of drug-likeness (QED) is 0.206. The van der Waals surface area contributed by atoms with E-state index in [0.717, 1.165) is 51.4 Å². The summed E-state index contributed by atoms with van der Waals surface area (Å²) in [5.41, 5.74) is -0.519. The van der Waals surface area contributed by atoms with Gasteiger partial charge in [0.1, 0.15) is 31.0 Å². The highest BCUT2D eigenvalue weighted by molar-refractivity contribution is 7.86. The van der Waals surface area contributed by atoms with Crippen molar-refractivity contribution in [2.75, 3.05) is 13.2 Å². The Labute approximate surface area is 235 Å². The number of alkyl halides is 2. The summed E-state index contributed by atoms with van der Waals surface area (Å²) >= 11 is 0. The van der Waals surface area contributed by atoms with Crippen molar-refractivity contribution in [1.82, 2.24) is 0 Å². The van der Waals surface area contributed by atoms with Crippen LogP contribution in [0.1, 0.15) is 64.7 Å². The van der Waals surface area contributed by atoms with Crippen LogP contribution in [0.3, 0.4) is 0 Å². The van der Waals surface area contributed by atoms with E-state index in [0.29, 0.717) is 19.3 Å². The van der Waals surface area contributed by atoms with Crippen molar-refractivity contribution in [2.24, 2.45) is 29.6 Å². The van der Waals surface area contributed by atoms with Crippen molar-refractivity contribution < 1.29 is 64.6 Å². The first-order valence-corrected chi connectivity index (χ1v) is 15.4. The summed E-state index contributed by atoms with van der Waals surface area (Å²) in [4.78, 5) is 50.6. The molecule has 1 aliphatic heterocycles. The summed E-state index contributed by atoms with van der Waals surface area (Å²) in [5, 5.41) is -4.74. The SMILES string of the molecule is CC(OC(=O)COCC(=O)OC1C2CC3C1OC(=O)C3C2C(=O)OC1(C2CCCC2)CCCC1)C(F)(F)S(=O)(=O)O. The molecule has 0 aromatic rings. The molecule has 1 heterocycles. The van der Waals surface area contributed by atoms with Crippen LogP contribution in [0.4, 0.5) is 8.78 Å². The molecule has 7 atom stereocenters. The van der Waals surface area contributed by atoms with Crippen LogP contribution in [0.15, 0.2) is 0 Å². The smallest absolute Gasteiger partial charge is 0.405 e. The molecule has 4 saturated carbocycles. The zero-order valence-electron chi connectivity index (χ0n) is 22.5. The minimum absolute atomic E-state index is 0.296. The Morgan fingerprint density at radius 3 is 2.34 bits per heavy atom. The molecule has 5 rings (SSSR count). The van der Waals surface area contributed by atoms with Crippen LogP contribution < -0.4 is 0 Å². The van der Waals surface area contributed by atoms with Gasteiger partial charge in [-0.1, -0.05) is 12.8 Å². The number of halogens is 2. The van der Waals surface area contributed by atoms with Gasteiger partial charge in [0.05, 0.1) is 11.8 Å². The van der Waals surface area contributed by atoms with E-state index in [2.05, 4.69) is 4.74 Å². The number of hydrogen-bond acceptors (Lipinski definition) is 11. The highest BCUT2D eigenvalue weighted by Crippen LogP contribution is 2.59. The number of carbonyl (C=O) groups is 4. The zero-order chi connectivity index (χ0) is 29.7. The molecular formula is C26H34F2O12S. The van der Waals surface area contributed by atoms with Gasteiger partial charge in [0.2, 0.25) is 0 Å². The van der Waals surface area contributed by atoms with Gasteiger partial charge in [-0.05, 0) is 57.8 Å². The van der Waals surface area contributed by atoms with Gasteiger partial charge in [-0.15, -0.1) is 0 Å². The Kier molecular flexibility index (Phi) is 8.09. The maximum Gasteiger partial charge on any atom is 0.405 e. The molecule has 7 unspecified atom stereocenters. The minimum atomic E-state index is -5.83. The first-order chi connectivity index (χ1) is 19.2. The molecule has 0 spiro atoms. The normalized spacial score (nSPS) is 33.0. The number of fused-ring (bicyclic) bond motifs is 1. The van der Waals surface area contributed by atoms with Crippen LogP contribution in [-0.2, 0) is 53.0 Å². The molecule has 4 aliphatic carbocycles. The third kappa shape index (κ3) is 5.44. The molecule has 1 N–H and O–H groups in total. The van der Waals surface area contributed by atoms with Crippen LogP contribution >= 0.6 is 0 Å². The van der Waals surface area contributed by atoms with Gasteiger partial charge in [-0.3, -0.25) is 14.1 Å². The summed E-state index contributed by atoms with van der Waals surface area (Å²) in [5.74, 6) is -5.26. The summed E-state index contributed by atoms with van der Waals surface area (Å²) in [6, 6.07) is 0. The van der Waals surface area contributed by atoms with Crippen molar-refractivity contribution >= 4 is 34.0 Å². The summed E-state index contributed by atoms with van der Waals surface area (Å²) in [7, 11) is -5.83. The summed E-state index contributed by atoms with van der Waals surface area (Å²) < 4.78 is 83.6. The third-order valence-corrected chi connectivity index (χ3v) is 10.5. The molecule has 12 nitrogen and oxygen atoms in total. The van der Waals surface area contributed by atoms with Crippen LogP contribution in [0.25, 0.3) is 0 Å². The number of ether oxygens (including phenoxy) is 5. The molecule has 0 amide bonds. The van der Waals surface area contributed by atoms with Gasteiger partial charge >= 0.3 is 39.2 Å². The number of rotatable bonds is 11. The van der Waals surface area contributed by atoms with Crippen LogP contribution in [0.5, 0.6) is 0 Å². The predicted octanol–water partition coefficient (Wildman–Crippen LogP) is 2.18. The van der Waals surface area contributed by atoms with E-state index in [1.165, 1.54) is 0 Å². The molecule has 0 aromatic carbocycles. The van der Waals surface area contributed by atoms with E-state index in [9.17, 15) is 36.4 Å². The molecule has 2 bridgehead atoms. The van der Waals surface area contributed by atoms with E-state index < -0.39 is 94.1 Å². The van der Waals surface area contributed by atoms with Crippen molar-refractivity contribution in [3.8, 4) is 0 Å². The average molecular weight is 609 g/mol. The Bertz CT molecular complexity index is 1180. The van der Waals surface area contributed by atoms with Crippen molar-refractivity contribution in [1.29, 1.82) is 0 Å². The van der Waals surface area contributed by atoms with Crippen LogP contribution in [0, 0.1) is 29.6 Å². The first kappa shape index (κ1) is 30.1. The van der Waals surface area contributed by atoms with E-state index in [-0.39, 0.29) is 5.92 Å². The second-order valence-corrected chi connectivity index (χ2v) is 13.3. The van der Waals surface area contributed by atoms with Crippen LogP contribution in [-0.4, -0.2) is 79.2 Å². The Balaban J connectivity index is 1.16. The van der Waals surface area contributed by atoms with Crippen molar-refractivity contribution in [3.63, 3.8) is 0 Å². The second kappa shape index (κ2) is 11.0. The zero-order valence-corrected chi connectivity index (χ0v) is 23.3. The van der Waals surface area contributed by atoms with E-state index in [1.54, 1.807) is 0 Å². The Morgan fingerprint density at radius 2 is 1.71 bits per heavy atom. The summed E-state index contributed by atoms with van der Waals surface area (Å²) in [6.45, 7) is -1.22. The molecule has 0 radical (unpaired) electrons. The lowest BCUT2D eigenvalue weighted by molar-refractivity contribution is -0.181. The molecule has 1 saturated heterocycles. The van der Waals surface area contributed by atoms with Crippen molar-refractivity contribution in [2.45, 2.75) is 93.9 Å². The number of carbonyl (C=O) groups excluding carboxylic acids is 4. The molecule has 5 aliphatic rings. The Morgan fingerprint density at radius 1 is 1.07 bits per heavy atom. The van der Waals surface area contributed by atoms with Gasteiger partial charge in [0.25, 0.3) is 0 Å². The van der Waals surface area contributed by atoms with Crippen LogP contribution in [0.2, 0.25) is 0 Å². The molecule has 15 heteroatoms. The molecular weight excluding hydrogens is 574 g/mol. The largest absolute Gasteiger partial charge is 0.459 e. The lowest BCUT2D eigenvalue weighted by atomic mass is 9.78. The monoisotopic (exact) mass is 608 g/mol. The van der Waals surface area contributed by atoms with Gasteiger partial charge in [-0.25, -0.2) is 9.59 Å². The Hall–Kier alpha value is -2.39. The molecule has 230 valence electrons. The first-order valence-electron chi connectivity index (χ1n) is 14.0. The third-order valence-electron chi connectivity index (χ3n) is 9.50. The minimum Gasteiger partial charge on any atom is -0.459 e. The lowest BCUT2D eigenvalue weighted by Gasteiger charge is -2.38. The molecule has 5 fully saturated rings. The standard InChI is InChI=1S/C26H34F2O12S/c1-13(26(27,28)41(33,34)35)37-17(29)11-36-12-18(30)38-21-16-10-15-19(23(31)39-22(15)21)20(16)24(32)40-25(8-4-5-9-25)14-6-2-3-7-14/h13-16,19-22H,2-12H2,1H3,(H,33,34,35). The van der Waals surface area contributed by atoms with Gasteiger partial charge in [0.15, 0.2) is 6.10 Å². The van der Waals surface area contributed by atoms with Crippen molar-refractivity contribution in [3.05, 3.63) is 0 Å². The highest BCUT2D eigenvalue weighted by atomic mass is 32.2.